The number of aromatic nitrogens is 4. The second-order valence-corrected chi connectivity index (χ2v) is 6.34. The third-order valence-corrected chi connectivity index (χ3v) is 4.46. The van der Waals surface area contributed by atoms with Gasteiger partial charge in [0.1, 0.15) is 5.75 Å². The minimum Gasteiger partial charge on any atom is -0.493 e. The van der Waals surface area contributed by atoms with E-state index in [0.717, 1.165) is 29.1 Å². The first kappa shape index (κ1) is 17.0. The highest BCUT2D eigenvalue weighted by molar-refractivity contribution is 5.81. The highest BCUT2D eigenvalue weighted by atomic mass is 16.5. The van der Waals surface area contributed by atoms with Crippen molar-refractivity contribution in [1.29, 1.82) is 0 Å². The third kappa shape index (κ3) is 3.74. The lowest BCUT2D eigenvalue weighted by Gasteiger charge is -2.26. The molecule has 0 fully saturated rings. The molecule has 138 valence electrons. The van der Waals surface area contributed by atoms with Gasteiger partial charge in [-0.05, 0) is 41.6 Å². The Morgan fingerprint density at radius 2 is 2.15 bits per heavy atom. The summed E-state index contributed by atoms with van der Waals surface area (Å²) in [6.07, 6.45) is 0.761. The average molecular weight is 364 g/mol. The Bertz CT molecular complexity index is 955. The van der Waals surface area contributed by atoms with Gasteiger partial charge in [-0.2, -0.15) is 4.68 Å². The largest absolute Gasteiger partial charge is 0.493 e. The lowest BCUT2D eigenvalue weighted by atomic mass is 10.0. The normalized spacial score (nSPS) is 15.5. The zero-order chi connectivity index (χ0) is 18.6. The molecule has 0 spiro atoms. The van der Waals surface area contributed by atoms with Gasteiger partial charge >= 0.3 is 0 Å². The van der Waals surface area contributed by atoms with Gasteiger partial charge in [0, 0.05) is 17.7 Å². The summed E-state index contributed by atoms with van der Waals surface area (Å²) in [7, 11) is 0. The van der Waals surface area contributed by atoms with Crippen molar-refractivity contribution in [1.82, 2.24) is 25.5 Å². The SMILES string of the molecule is Cc1nnnn1-c1cccc(NCC(=O)N[C@@H]2CCOc3ccccc32)c1. The van der Waals surface area contributed by atoms with E-state index in [-0.39, 0.29) is 18.5 Å². The number of benzene rings is 2. The molecule has 1 aromatic heterocycles. The van der Waals surface area contributed by atoms with Crippen molar-refractivity contribution in [2.45, 2.75) is 19.4 Å². The first-order chi connectivity index (χ1) is 13.2. The van der Waals surface area contributed by atoms with Crippen LogP contribution >= 0.6 is 0 Å². The van der Waals surface area contributed by atoms with Gasteiger partial charge in [0.15, 0.2) is 5.82 Å². The Morgan fingerprint density at radius 3 is 3.00 bits per heavy atom. The number of rotatable bonds is 5. The second kappa shape index (κ2) is 7.45. The van der Waals surface area contributed by atoms with E-state index in [2.05, 4.69) is 26.2 Å². The van der Waals surface area contributed by atoms with E-state index in [1.807, 2.05) is 55.5 Å². The molecular formula is C19H20N6O2. The topological polar surface area (TPSA) is 94.0 Å². The summed E-state index contributed by atoms with van der Waals surface area (Å²) in [5, 5.41) is 17.7. The zero-order valence-corrected chi connectivity index (χ0v) is 14.9. The lowest BCUT2D eigenvalue weighted by molar-refractivity contribution is -0.120. The second-order valence-electron chi connectivity index (χ2n) is 6.34. The van der Waals surface area contributed by atoms with E-state index in [4.69, 9.17) is 4.74 Å². The van der Waals surface area contributed by atoms with Crippen LogP contribution in [0.15, 0.2) is 48.5 Å². The van der Waals surface area contributed by atoms with Gasteiger partial charge in [0.2, 0.25) is 5.91 Å². The number of ether oxygens (including phenoxy) is 1. The average Bonchev–Trinajstić information content (AvgIpc) is 3.13. The Kier molecular flexibility index (Phi) is 4.69. The van der Waals surface area contributed by atoms with E-state index in [1.165, 1.54) is 0 Å². The molecule has 4 rings (SSSR count). The third-order valence-electron chi connectivity index (χ3n) is 4.46. The summed E-state index contributed by atoms with van der Waals surface area (Å²) in [6.45, 7) is 2.61. The Labute approximate surface area is 156 Å². The van der Waals surface area contributed by atoms with Crippen molar-refractivity contribution < 1.29 is 9.53 Å². The Morgan fingerprint density at radius 1 is 1.26 bits per heavy atom. The summed E-state index contributed by atoms with van der Waals surface area (Å²) in [5.74, 6) is 1.47. The molecule has 27 heavy (non-hydrogen) atoms. The Balaban J connectivity index is 1.39. The number of hydrogen-bond acceptors (Lipinski definition) is 6. The van der Waals surface area contributed by atoms with Crippen LogP contribution in [0.3, 0.4) is 0 Å². The van der Waals surface area contributed by atoms with Gasteiger partial charge in [-0.1, -0.05) is 24.3 Å². The van der Waals surface area contributed by atoms with Crippen LogP contribution in [0.4, 0.5) is 5.69 Å². The molecule has 0 saturated carbocycles. The highest BCUT2D eigenvalue weighted by Crippen LogP contribution is 2.31. The zero-order valence-electron chi connectivity index (χ0n) is 14.9. The van der Waals surface area contributed by atoms with E-state index in [9.17, 15) is 4.79 Å². The fourth-order valence-electron chi connectivity index (χ4n) is 3.14. The molecule has 2 aromatic carbocycles. The van der Waals surface area contributed by atoms with Crippen molar-refractivity contribution in [3.05, 3.63) is 59.9 Å². The number of aryl methyl sites for hydroxylation is 1. The summed E-state index contributed by atoms with van der Waals surface area (Å²) >= 11 is 0. The standard InChI is InChI=1S/C19H20N6O2/c1-13-22-23-24-25(13)15-6-4-5-14(11-15)20-12-19(26)21-17-9-10-27-18-8-3-2-7-16(17)18/h2-8,11,17,20H,9-10,12H2,1H3,(H,21,26)/t17-/m1/s1. The predicted molar refractivity (Wildman–Crippen MR) is 99.8 cm³/mol. The quantitative estimate of drug-likeness (QED) is 0.719. The summed E-state index contributed by atoms with van der Waals surface area (Å²) < 4.78 is 7.28. The molecule has 0 radical (unpaired) electrons. The van der Waals surface area contributed by atoms with Crippen LogP contribution in [0, 0.1) is 6.92 Å². The number of fused-ring (bicyclic) bond motifs is 1. The molecule has 8 heteroatoms. The molecule has 1 atom stereocenters. The van der Waals surface area contributed by atoms with Crippen LogP contribution in [-0.4, -0.2) is 39.3 Å². The summed E-state index contributed by atoms with van der Waals surface area (Å²) in [6, 6.07) is 15.4. The number of carbonyl (C=O) groups excluding carboxylic acids is 1. The number of tetrazole rings is 1. The molecule has 0 saturated heterocycles. The molecule has 2 N–H and O–H groups in total. The molecule has 2 heterocycles. The molecule has 3 aromatic rings. The molecular weight excluding hydrogens is 344 g/mol. The monoisotopic (exact) mass is 364 g/mol. The summed E-state index contributed by atoms with van der Waals surface area (Å²) in [5.41, 5.74) is 2.68. The number of amides is 1. The van der Waals surface area contributed by atoms with E-state index >= 15 is 0 Å². The van der Waals surface area contributed by atoms with Crippen LogP contribution in [0.1, 0.15) is 23.9 Å². The smallest absolute Gasteiger partial charge is 0.239 e. The van der Waals surface area contributed by atoms with Gasteiger partial charge in [-0.3, -0.25) is 4.79 Å². The number of carbonyl (C=O) groups is 1. The first-order valence-electron chi connectivity index (χ1n) is 8.81. The molecule has 1 aliphatic heterocycles. The Hall–Kier alpha value is -3.42. The van der Waals surface area contributed by atoms with Crippen molar-refractivity contribution in [2.24, 2.45) is 0 Å². The fourth-order valence-corrected chi connectivity index (χ4v) is 3.14. The van der Waals surface area contributed by atoms with Crippen molar-refractivity contribution >= 4 is 11.6 Å². The molecule has 0 unspecified atom stereocenters. The van der Waals surface area contributed by atoms with Gasteiger partial charge in [0.25, 0.3) is 0 Å². The maximum absolute atomic E-state index is 12.4. The fraction of sp³-hybridized carbons (Fsp3) is 0.263. The maximum Gasteiger partial charge on any atom is 0.239 e. The van der Waals surface area contributed by atoms with E-state index in [0.29, 0.717) is 12.4 Å². The molecule has 1 aliphatic rings. The minimum atomic E-state index is -0.0688. The number of para-hydroxylation sites is 1. The number of hydrogen-bond donors (Lipinski definition) is 2. The van der Waals surface area contributed by atoms with Crippen molar-refractivity contribution in [3.8, 4) is 11.4 Å². The molecule has 0 bridgehead atoms. The number of nitrogens with one attached hydrogen (secondary N) is 2. The van der Waals surface area contributed by atoms with Gasteiger partial charge < -0.3 is 15.4 Å². The van der Waals surface area contributed by atoms with Crippen LogP contribution in [-0.2, 0) is 4.79 Å². The lowest BCUT2D eigenvalue weighted by Crippen LogP contribution is -2.35. The van der Waals surface area contributed by atoms with Gasteiger partial charge in [-0.25, -0.2) is 0 Å². The van der Waals surface area contributed by atoms with E-state index < -0.39 is 0 Å². The number of nitrogens with zero attached hydrogens (tertiary/aromatic N) is 4. The molecule has 0 aliphatic carbocycles. The van der Waals surface area contributed by atoms with Crippen LogP contribution in [0.2, 0.25) is 0 Å². The van der Waals surface area contributed by atoms with Crippen LogP contribution < -0.4 is 15.4 Å². The predicted octanol–water partition coefficient (Wildman–Crippen LogP) is 2.02. The van der Waals surface area contributed by atoms with E-state index in [1.54, 1.807) is 4.68 Å². The minimum absolute atomic E-state index is 0.0283. The number of anilines is 1. The molecule has 1 amide bonds. The van der Waals surface area contributed by atoms with Crippen molar-refractivity contribution in [2.75, 3.05) is 18.5 Å². The van der Waals surface area contributed by atoms with Crippen LogP contribution in [0.25, 0.3) is 5.69 Å². The first-order valence-corrected chi connectivity index (χ1v) is 8.81. The van der Waals surface area contributed by atoms with Crippen LogP contribution in [0.5, 0.6) is 5.75 Å². The van der Waals surface area contributed by atoms with Gasteiger partial charge in [-0.15, -0.1) is 5.10 Å². The van der Waals surface area contributed by atoms with Gasteiger partial charge in [0.05, 0.1) is 24.9 Å². The molecule has 8 nitrogen and oxygen atoms in total. The summed E-state index contributed by atoms with van der Waals surface area (Å²) in [4.78, 5) is 12.4. The van der Waals surface area contributed by atoms with Crippen molar-refractivity contribution in [3.63, 3.8) is 0 Å². The highest BCUT2D eigenvalue weighted by Gasteiger charge is 2.22. The maximum atomic E-state index is 12.4.